The zero-order valence-electron chi connectivity index (χ0n) is 5.84. The minimum absolute atomic E-state index is 0.0639. The summed E-state index contributed by atoms with van der Waals surface area (Å²) in [5, 5.41) is 22.7. The highest BCUT2D eigenvalue weighted by Gasteiger charge is 2.05. The minimum Gasteiger partial charge on any atom is -0.304 e. The molecule has 2 N–H and O–H groups in total. The predicted molar refractivity (Wildman–Crippen MR) is 35.1 cm³/mol. The van der Waals surface area contributed by atoms with Gasteiger partial charge in [-0.3, -0.25) is 0 Å². The van der Waals surface area contributed by atoms with Crippen LogP contribution in [0, 0.1) is 0 Å². The molecule has 0 aliphatic rings. The molecule has 0 aliphatic heterocycles. The van der Waals surface area contributed by atoms with Crippen molar-refractivity contribution in [2.24, 2.45) is 0 Å². The Balaban J connectivity index is 2.77. The second-order valence-corrected chi connectivity index (χ2v) is 1.76. The molecular formula is C6H6O6. The van der Waals surface area contributed by atoms with Gasteiger partial charge in [0.15, 0.2) is 0 Å². The quantitative estimate of drug-likeness (QED) is 0.528. The maximum Gasteiger partial charge on any atom is 0.214 e. The van der Waals surface area contributed by atoms with Gasteiger partial charge in [0.2, 0.25) is 11.5 Å². The van der Waals surface area contributed by atoms with Crippen molar-refractivity contribution in [1.29, 1.82) is 0 Å². The first kappa shape index (κ1) is 8.75. The summed E-state index contributed by atoms with van der Waals surface area (Å²) in [6.45, 7) is 0. The number of hydrogen-bond donors (Lipinski definition) is 2. The molecule has 6 nitrogen and oxygen atoms in total. The van der Waals surface area contributed by atoms with E-state index in [9.17, 15) is 0 Å². The van der Waals surface area contributed by atoms with E-state index in [1.165, 1.54) is 12.1 Å². The number of para-hydroxylation sites is 2. The molecule has 0 saturated carbocycles. The highest BCUT2D eigenvalue weighted by Crippen LogP contribution is 2.26. The summed E-state index contributed by atoms with van der Waals surface area (Å²) in [5.41, 5.74) is 0. The lowest BCUT2D eigenvalue weighted by Crippen LogP contribution is -1.97. The summed E-state index contributed by atoms with van der Waals surface area (Å²) in [7, 11) is 0. The van der Waals surface area contributed by atoms with Gasteiger partial charge in [-0.05, 0) is 22.2 Å². The lowest BCUT2D eigenvalue weighted by atomic mass is 10.3. The number of benzene rings is 1. The first-order valence-corrected chi connectivity index (χ1v) is 2.93. The standard InChI is InChI=1S/C6H6O6/c7-11-9-5-3-1-2-4-6(5)10-12-8/h1-4,7-8H. The highest BCUT2D eigenvalue weighted by molar-refractivity contribution is 5.38. The Morgan fingerprint density at radius 1 is 0.833 bits per heavy atom. The third-order valence-electron chi connectivity index (χ3n) is 1.10. The monoisotopic (exact) mass is 174 g/mol. The van der Waals surface area contributed by atoms with Gasteiger partial charge in [0, 0.05) is 0 Å². The number of hydrogen-bond acceptors (Lipinski definition) is 6. The van der Waals surface area contributed by atoms with Crippen LogP contribution in [0.1, 0.15) is 0 Å². The topological polar surface area (TPSA) is 77.4 Å². The Bertz CT molecular complexity index is 212. The Labute approximate surface area is 67.2 Å². The van der Waals surface area contributed by atoms with E-state index in [2.05, 4.69) is 19.9 Å². The summed E-state index contributed by atoms with van der Waals surface area (Å²) >= 11 is 0. The van der Waals surface area contributed by atoms with Crippen LogP contribution in [0.15, 0.2) is 24.3 Å². The third kappa shape index (κ3) is 2.07. The molecule has 0 amide bonds. The molecule has 0 aromatic heterocycles. The largest absolute Gasteiger partial charge is 0.304 e. The maximum absolute atomic E-state index is 7.93. The Hall–Kier alpha value is -1.34. The minimum atomic E-state index is 0.0639. The summed E-state index contributed by atoms with van der Waals surface area (Å²) < 4.78 is 0. The van der Waals surface area contributed by atoms with Gasteiger partial charge >= 0.3 is 0 Å². The van der Waals surface area contributed by atoms with Crippen molar-refractivity contribution in [3.05, 3.63) is 24.3 Å². The molecule has 0 heterocycles. The van der Waals surface area contributed by atoms with Crippen LogP contribution in [0.25, 0.3) is 0 Å². The molecule has 1 aromatic carbocycles. The van der Waals surface area contributed by atoms with Crippen LogP contribution in [0.2, 0.25) is 0 Å². The predicted octanol–water partition coefficient (Wildman–Crippen LogP) is 1.25. The smallest absolute Gasteiger partial charge is 0.214 e. The van der Waals surface area contributed by atoms with Crippen LogP contribution < -0.4 is 9.78 Å². The molecule has 6 heteroatoms. The molecule has 0 radical (unpaired) electrons. The van der Waals surface area contributed by atoms with E-state index in [1.54, 1.807) is 12.1 Å². The van der Waals surface area contributed by atoms with Crippen LogP contribution >= 0.6 is 0 Å². The molecule has 0 bridgehead atoms. The van der Waals surface area contributed by atoms with Gasteiger partial charge in [-0.15, -0.1) is 0 Å². The summed E-state index contributed by atoms with van der Waals surface area (Å²) in [6.07, 6.45) is 0. The van der Waals surface area contributed by atoms with Gasteiger partial charge in [0.05, 0.1) is 0 Å². The Kier molecular flexibility index (Phi) is 3.30. The molecule has 0 atom stereocenters. The Morgan fingerprint density at radius 3 is 1.58 bits per heavy atom. The lowest BCUT2D eigenvalue weighted by molar-refractivity contribution is -0.451. The van der Waals surface area contributed by atoms with E-state index < -0.39 is 0 Å². The molecule has 1 rings (SSSR count). The normalized spacial score (nSPS) is 9.50. The van der Waals surface area contributed by atoms with Crippen LogP contribution in [0.5, 0.6) is 11.5 Å². The van der Waals surface area contributed by atoms with Crippen molar-refractivity contribution in [2.75, 3.05) is 0 Å². The van der Waals surface area contributed by atoms with Crippen molar-refractivity contribution in [3.8, 4) is 11.5 Å². The van der Waals surface area contributed by atoms with Crippen molar-refractivity contribution in [3.63, 3.8) is 0 Å². The van der Waals surface area contributed by atoms with Gasteiger partial charge in [0.1, 0.15) is 0 Å². The SMILES string of the molecule is OOOc1ccccc1OOO. The van der Waals surface area contributed by atoms with E-state index in [0.717, 1.165) is 0 Å². The van der Waals surface area contributed by atoms with Gasteiger partial charge in [-0.2, -0.15) is 0 Å². The second kappa shape index (κ2) is 4.52. The third-order valence-corrected chi connectivity index (χ3v) is 1.10. The van der Waals surface area contributed by atoms with E-state index in [1.807, 2.05) is 0 Å². The lowest BCUT2D eigenvalue weighted by Gasteiger charge is -2.03. The number of rotatable bonds is 4. The fourth-order valence-electron chi connectivity index (χ4n) is 0.668. The van der Waals surface area contributed by atoms with Crippen molar-refractivity contribution >= 4 is 0 Å². The van der Waals surface area contributed by atoms with E-state index in [-0.39, 0.29) is 11.5 Å². The average Bonchev–Trinajstić information content (AvgIpc) is 2.09. The first-order valence-electron chi connectivity index (χ1n) is 2.93. The van der Waals surface area contributed by atoms with Gasteiger partial charge in [-0.1, -0.05) is 12.1 Å². The van der Waals surface area contributed by atoms with E-state index in [4.69, 9.17) is 10.5 Å². The molecule has 1 aromatic rings. The van der Waals surface area contributed by atoms with Crippen LogP contribution in [-0.2, 0) is 10.1 Å². The molecule has 0 fully saturated rings. The van der Waals surface area contributed by atoms with Crippen LogP contribution in [0.4, 0.5) is 0 Å². The molecule has 66 valence electrons. The van der Waals surface area contributed by atoms with E-state index in [0.29, 0.717) is 0 Å². The summed E-state index contributed by atoms with van der Waals surface area (Å²) in [4.78, 5) is 8.46. The fourth-order valence-corrected chi connectivity index (χ4v) is 0.668. The second-order valence-electron chi connectivity index (χ2n) is 1.76. The summed E-state index contributed by atoms with van der Waals surface area (Å²) in [6, 6.07) is 6.09. The zero-order valence-corrected chi connectivity index (χ0v) is 5.84. The molecule has 12 heavy (non-hydrogen) atoms. The summed E-state index contributed by atoms with van der Waals surface area (Å²) in [5.74, 6) is 0.128. The molecular weight excluding hydrogens is 168 g/mol. The highest BCUT2D eigenvalue weighted by atomic mass is 17.5. The van der Waals surface area contributed by atoms with Gasteiger partial charge in [0.25, 0.3) is 0 Å². The van der Waals surface area contributed by atoms with Gasteiger partial charge in [-0.25, -0.2) is 10.5 Å². The Morgan fingerprint density at radius 2 is 1.25 bits per heavy atom. The molecule has 0 aliphatic carbocycles. The molecule has 0 unspecified atom stereocenters. The van der Waals surface area contributed by atoms with Crippen molar-refractivity contribution in [1.82, 2.24) is 0 Å². The van der Waals surface area contributed by atoms with Gasteiger partial charge < -0.3 is 9.78 Å². The first-order chi connectivity index (χ1) is 5.88. The molecule has 0 spiro atoms. The van der Waals surface area contributed by atoms with Crippen molar-refractivity contribution in [2.45, 2.75) is 0 Å². The van der Waals surface area contributed by atoms with Crippen LogP contribution in [-0.4, -0.2) is 10.5 Å². The maximum atomic E-state index is 7.93. The fraction of sp³-hybridized carbons (Fsp3) is 0. The van der Waals surface area contributed by atoms with E-state index >= 15 is 0 Å². The zero-order chi connectivity index (χ0) is 8.81. The van der Waals surface area contributed by atoms with Crippen LogP contribution in [0.3, 0.4) is 0 Å². The molecule has 0 saturated heterocycles. The average molecular weight is 174 g/mol. The van der Waals surface area contributed by atoms with Crippen molar-refractivity contribution < 1.29 is 30.4 Å².